The maximum Gasteiger partial charge on any atom is 0.142 e. The Morgan fingerprint density at radius 1 is 1.10 bits per heavy atom. The highest BCUT2D eigenvalue weighted by atomic mass is 35.5. The van der Waals surface area contributed by atoms with Crippen molar-refractivity contribution in [3.63, 3.8) is 0 Å². The van der Waals surface area contributed by atoms with Gasteiger partial charge in [-0.25, -0.2) is 8.78 Å². The fourth-order valence-electron chi connectivity index (χ4n) is 2.02. The molecule has 0 aliphatic rings. The predicted octanol–water partition coefficient (Wildman–Crippen LogP) is 4.51. The summed E-state index contributed by atoms with van der Waals surface area (Å²) < 4.78 is 26.8. The average Bonchev–Trinajstić information content (AvgIpc) is 2.44. The van der Waals surface area contributed by atoms with Gasteiger partial charge in [0.2, 0.25) is 0 Å². The van der Waals surface area contributed by atoms with Gasteiger partial charge in [-0.15, -0.1) is 0 Å². The summed E-state index contributed by atoms with van der Waals surface area (Å²) in [6.45, 7) is 2.55. The Labute approximate surface area is 122 Å². The molecule has 0 aromatic heterocycles. The van der Waals surface area contributed by atoms with Gasteiger partial charge in [0.05, 0.1) is 5.02 Å². The Kier molecular flexibility index (Phi) is 5.10. The van der Waals surface area contributed by atoms with Crippen LogP contribution in [0.5, 0.6) is 0 Å². The van der Waals surface area contributed by atoms with Crippen LogP contribution >= 0.6 is 11.6 Å². The Balaban J connectivity index is 1.90. The van der Waals surface area contributed by atoms with Crippen LogP contribution < -0.4 is 5.32 Å². The minimum Gasteiger partial charge on any atom is -0.310 e. The van der Waals surface area contributed by atoms with Gasteiger partial charge in [-0.1, -0.05) is 35.9 Å². The van der Waals surface area contributed by atoms with Crippen molar-refractivity contribution in [3.05, 3.63) is 70.2 Å². The fourth-order valence-corrected chi connectivity index (χ4v) is 2.14. The van der Waals surface area contributed by atoms with Crippen LogP contribution in [0, 0.1) is 11.6 Å². The molecule has 0 bridgehead atoms. The van der Waals surface area contributed by atoms with Crippen molar-refractivity contribution in [1.82, 2.24) is 5.32 Å². The second-order valence-corrected chi connectivity index (χ2v) is 5.10. The van der Waals surface area contributed by atoms with Crippen molar-refractivity contribution in [1.29, 1.82) is 0 Å². The SMILES string of the molecule is CC(NCCc1ccccc1F)c1ccc(Cl)c(F)c1. The molecule has 0 aliphatic heterocycles. The van der Waals surface area contributed by atoms with E-state index in [0.717, 1.165) is 5.56 Å². The first kappa shape index (κ1) is 14.9. The van der Waals surface area contributed by atoms with Crippen LogP contribution in [0.25, 0.3) is 0 Å². The Hall–Kier alpha value is -1.45. The smallest absolute Gasteiger partial charge is 0.142 e. The zero-order chi connectivity index (χ0) is 14.5. The molecule has 0 spiro atoms. The van der Waals surface area contributed by atoms with E-state index in [2.05, 4.69) is 5.32 Å². The number of rotatable bonds is 5. The first-order valence-electron chi connectivity index (χ1n) is 6.49. The van der Waals surface area contributed by atoms with E-state index in [1.165, 1.54) is 12.1 Å². The number of nitrogens with one attached hydrogen (secondary N) is 1. The van der Waals surface area contributed by atoms with Gasteiger partial charge in [0.1, 0.15) is 11.6 Å². The third-order valence-corrected chi connectivity index (χ3v) is 3.55. The molecule has 0 heterocycles. The molecule has 1 atom stereocenters. The molecule has 4 heteroatoms. The standard InChI is InChI=1S/C16H16ClF2N/c1-11(13-6-7-14(17)16(19)10-13)20-9-8-12-4-2-3-5-15(12)18/h2-7,10-11,20H,8-9H2,1H3. The number of halogens is 3. The van der Waals surface area contributed by atoms with Crippen LogP contribution in [0.1, 0.15) is 24.1 Å². The molecule has 0 radical (unpaired) electrons. The van der Waals surface area contributed by atoms with Crippen molar-refractivity contribution in [3.8, 4) is 0 Å². The van der Waals surface area contributed by atoms with Crippen LogP contribution in [0.4, 0.5) is 8.78 Å². The molecule has 0 saturated heterocycles. The van der Waals surface area contributed by atoms with Crippen LogP contribution in [-0.2, 0) is 6.42 Å². The van der Waals surface area contributed by atoms with Crippen molar-refractivity contribution in [2.75, 3.05) is 6.54 Å². The summed E-state index contributed by atoms with van der Waals surface area (Å²) in [5, 5.41) is 3.36. The molecular formula is C16H16ClF2N. The number of hydrogen-bond acceptors (Lipinski definition) is 1. The Morgan fingerprint density at radius 2 is 1.85 bits per heavy atom. The van der Waals surface area contributed by atoms with Crippen molar-refractivity contribution < 1.29 is 8.78 Å². The molecule has 1 unspecified atom stereocenters. The van der Waals surface area contributed by atoms with Gasteiger partial charge < -0.3 is 5.32 Å². The second kappa shape index (κ2) is 6.82. The minimum atomic E-state index is -0.424. The van der Waals surface area contributed by atoms with Crippen molar-refractivity contribution in [2.24, 2.45) is 0 Å². The molecule has 0 aliphatic carbocycles. The summed E-state index contributed by atoms with van der Waals surface area (Å²) in [6, 6.07) is 11.4. The van der Waals surface area contributed by atoms with Gasteiger partial charge >= 0.3 is 0 Å². The van der Waals surface area contributed by atoms with Gasteiger partial charge in [-0.05, 0) is 49.2 Å². The fraction of sp³-hybridized carbons (Fsp3) is 0.250. The lowest BCUT2D eigenvalue weighted by Gasteiger charge is -2.15. The molecular weight excluding hydrogens is 280 g/mol. The molecule has 20 heavy (non-hydrogen) atoms. The van der Waals surface area contributed by atoms with Crippen LogP contribution in [0.15, 0.2) is 42.5 Å². The molecule has 0 amide bonds. The third-order valence-electron chi connectivity index (χ3n) is 3.25. The number of benzene rings is 2. The average molecular weight is 296 g/mol. The minimum absolute atomic E-state index is 0.0199. The van der Waals surface area contributed by atoms with Crippen LogP contribution in [0.2, 0.25) is 5.02 Å². The first-order chi connectivity index (χ1) is 9.58. The second-order valence-electron chi connectivity index (χ2n) is 4.69. The van der Waals surface area contributed by atoms with Gasteiger partial charge in [-0.3, -0.25) is 0 Å². The van der Waals surface area contributed by atoms with Crippen molar-refractivity contribution >= 4 is 11.6 Å². The molecule has 1 nitrogen and oxygen atoms in total. The highest BCUT2D eigenvalue weighted by molar-refractivity contribution is 6.30. The van der Waals surface area contributed by atoms with E-state index in [9.17, 15) is 8.78 Å². The summed E-state index contributed by atoms with van der Waals surface area (Å²) >= 11 is 5.65. The maximum atomic E-state index is 13.4. The largest absolute Gasteiger partial charge is 0.310 e. The molecule has 2 aromatic rings. The highest BCUT2D eigenvalue weighted by Crippen LogP contribution is 2.20. The topological polar surface area (TPSA) is 12.0 Å². The number of hydrogen-bond donors (Lipinski definition) is 1. The maximum absolute atomic E-state index is 13.4. The normalized spacial score (nSPS) is 12.4. The van der Waals surface area contributed by atoms with E-state index < -0.39 is 5.82 Å². The summed E-state index contributed by atoms with van der Waals surface area (Å²) in [6.07, 6.45) is 0.590. The third kappa shape index (κ3) is 3.78. The molecule has 1 N–H and O–H groups in total. The Morgan fingerprint density at radius 3 is 2.55 bits per heavy atom. The van der Waals surface area contributed by atoms with E-state index in [4.69, 9.17) is 11.6 Å². The summed E-state index contributed by atoms with van der Waals surface area (Å²) in [5.41, 5.74) is 1.50. The van der Waals surface area contributed by atoms with Crippen LogP contribution in [0.3, 0.4) is 0 Å². The van der Waals surface area contributed by atoms with Crippen molar-refractivity contribution in [2.45, 2.75) is 19.4 Å². The molecule has 106 valence electrons. The van der Waals surface area contributed by atoms with Gasteiger partial charge in [0.25, 0.3) is 0 Å². The Bertz CT molecular complexity index is 586. The molecule has 2 rings (SSSR count). The zero-order valence-corrected chi connectivity index (χ0v) is 11.9. The van der Waals surface area contributed by atoms with E-state index in [1.54, 1.807) is 24.3 Å². The highest BCUT2D eigenvalue weighted by Gasteiger charge is 2.08. The van der Waals surface area contributed by atoms with E-state index in [0.29, 0.717) is 18.5 Å². The van der Waals surface area contributed by atoms with Gasteiger partial charge in [-0.2, -0.15) is 0 Å². The van der Waals surface area contributed by atoms with Crippen LogP contribution in [-0.4, -0.2) is 6.54 Å². The summed E-state index contributed by atoms with van der Waals surface area (Å²) in [5.74, 6) is -0.619. The van der Waals surface area contributed by atoms with E-state index in [1.807, 2.05) is 13.0 Å². The summed E-state index contributed by atoms with van der Waals surface area (Å²) in [4.78, 5) is 0. The van der Waals surface area contributed by atoms with Gasteiger partial charge in [0.15, 0.2) is 0 Å². The lowest BCUT2D eigenvalue weighted by Crippen LogP contribution is -2.21. The monoisotopic (exact) mass is 295 g/mol. The lowest BCUT2D eigenvalue weighted by atomic mass is 10.1. The lowest BCUT2D eigenvalue weighted by molar-refractivity contribution is 0.554. The predicted molar refractivity (Wildman–Crippen MR) is 77.9 cm³/mol. The van der Waals surface area contributed by atoms with E-state index >= 15 is 0 Å². The molecule has 0 saturated carbocycles. The quantitative estimate of drug-likeness (QED) is 0.855. The van der Waals surface area contributed by atoms with Gasteiger partial charge in [0, 0.05) is 6.04 Å². The molecule has 2 aromatic carbocycles. The molecule has 0 fully saturated rings. The van der Waals surface area contributed by atoms with E-state index in [-0.39, 0.29) is 16.9 Å². The zero-order valence-electron chi connectivity index (χ0n) is 11.2. The summed E-state index contributed by atoms with van der Waals surface area (Å²) in [7, 11) is 0. The first-order valence-corrected chi connectivity index (χ1v) is 6.87.